The summed E-state index contributed by atoms with van der Waals surface area (Å²) in [6, 6.07) is 12.2. The van der Waals surface area contributed by atoms with Crippen LogP contribution in [0.5, 0.6) is 0 Å². The Morgan fingerprint density at radius 2 is 1.67 bits per heavy atom. The summed E-state index contributed by atoms with van der Waals surface area (Å²) in [6.45, 7) is 0. The predicted octanol–water partition coefficient (Wildman–Crippen LogP) is 3.35. The number of allylic oxidation sites excluding steroid dienone is 2. The fourth-order valence-electron chi connectivity index (χ4n) is 5.26. The molecular weight excluding hydrogens is 378 g/mol. The smallest absolute Gasteiger partial charge is 0.234 e. The highest BCUT2D eigenvalue weighted by Crippen LogP contribution is 2.51. The number of hydrogen-bond donors (Lipinski definition) is 1. The molecule has 6 rings (SSSR count). The molecule has 0 unspecified atom stereocenters. The number of rotatable bonds is 5. The molecule has 30 heavy (non-hydrogen) atoms. The second kappa shape index (κ2) is 7.52. The van der Waals surface area contributed by atoms with Crippen molar-refractivity contribution in [2.75, 3.05) is 5.32 Å². The first-order valence-corrected chi connectivity index (χ1v) is 10.4. The zero-order chi connectivity index (χ0) is 20.7. The number of likely N-dealkylation sites (tertiary alicyclic amines) is 1. The van der Waals surface area contributed by atoms with Crippen LogP contribution in [0.1, 0.15) is 30.9 Å². The zero-order valence-electron chi connectivity index (χ0n) is 16.5. The summed E-state index contributed by atoms with van der Waals surface area (Å²) < 4.78 is 0. The molecule has 1 saturated carbocycles. The molecule has 6 heteroatoms. The highest BCUT2D eigenvalue weighted by Gasteiger charge is 2.58. The molecule has 1 aromatic heterocycles. The van der Waals surface area contributed by atoms with Gasteiger partial charge in [0.2, 0.25) is 17.7 Å². The van der Waals surface area contributed by atoms with Crippen molar-refractivity contribution in [3.05, 3.63) is 72.6 Å². The third kappa shape index (κ3) is 3.12. The first kappa shape index (κ1) is 18.7. The molecule has 2 bridgehead atoms. The van der Waals surface area contributed by atoms with Crippen LogP contribution in [-0.2, 0) is 14.4 Å². The van der Waals surface area contributed by atoms with Gasteiger partial charge in [0.05, 0.1) is 36.2 Å². The maximum Gasteiger partial charge on any atom is 0.234 e. The van der Waals surface area contributed by atoms with Gasteiger partial charge in [-0.1, -0.05) is 42.5 Å². The van der Waals surface area contributed by atoms with Gasteiger partial charge in [0, 0.05) is 6.20 Å². The molecule has 2 aromatic rings. The van der Waals surface area contributed by atoms with Gasteiger partial charge in [0.1, 0.15) is 0 Å². The number of benzene rings is 1. The molecule has 5 atom stereocenters. The largest absolute Gasteiger partial charge is 0.325 e. The van der Waals surface area contributed by atoms with Crippen LogP contribution >= 0.6 is 0 Å². The Kier molecular flexibility index (Phi) is 4.69. The van der Waals surface area contributed by atoms with Gasteiger partial charge in [-0.3, -0.25) is 24.3 Å². The Bertz CT molecular complexity index is 973. The summed E-state index contributed by atoms with van der Waals surface area (Å²) in [5, 5.41) is 2.82. The van der Waals surface area contributed by atoms with E-state index in [-0.39, 0.29) is 47.8 Å². The van der Waals surface area contributed by atoms with Crippen molar-refractivity contribution in [3.63, 3.8) is 0 Å². The van der Waals surface area contributed by atoms with Crippen LogP contribution < -0.4 is 5.32 Å². The fourth-order valence-corrected chi connectivity index (χ4v) is 5.26. The first-order chi connectivity index (χ1) is 14.6. The predicted molar refractivity (Wildman–Crippen MR) is 111 cm³/mol. The summed E-state index contributed by atoms with van der Waals surface area (Å²) >= 11 is 0. The van der Waals surface area contributed by atoms with E-state index in [1.165, 1.54) is 4.90 Å². The standard InChI is InChI=1S/C24H23N3O3/c28-20(26-18-7-4-12-25-14-18)13-19(15-5-2-1-3-6-15)27-23(29)21-16-8-9-17(11-10-16)22(21)24(27)30/h1-9,12,14,16-17,19,21-22H,10-11,13H2,(H,26,28)/t16-,17-,19+,21+,22+/m0/s1. The number of hydrogen-bond acceptors (Lipinski definition) is 4. The van der Waals surface area contributed by atoms with E-state index in [0.29, 0.717) is 5.69 Å². The lowest BCUT2D eigenvalue weighted by molar-refractivity contribution is -0.143. The molecule has 1 saturated heterocycles. The van der Waals surface area contributed by atoms with Crippen molar-refractivity contribution in [1.29, 1.82) is 0 Å². The molecule has 1 N–H and O–H groups in total. The van der Waals surface area contributed by atoms with E-state index in [1.807, 2.05) is 30.3 Å². The van der Waals surface area contributed by atoms with Crippen LogP contribution in [0.15, 0.2) is 67.0 Å². The Hall–Kier alpha value is -3.28. The van der Waals surface area contributed by atoms with Gasteiger partial charge >= 0.3 is 0 Å². The molecule has 4 aliphatic rings. The van der Waals surface area contributed by atoms with E-state index in [0.717, 1.165) is 18.4 Å². The second-order valence-corrected chi connectivity index (χ2v) is 8.31. The number of imide groups is 1. The number of carbonyl (C=O) groups excluding carboxylic acids is 3. The molecule has 2 fully saturated rings. The van der Waals surface area contributed by atoms with Crippen molar-refractivity contribution >= 4 is 23.4 Å². The molecule has 2 heterocycles. The quantitative estimate of drug-likeness (QED) is 0.616. The topological polar surface area (TPSA) is 79.4 Å². The lowest BCUT2D eigenvalue weighted by atomic mass is 9.63. The number of fused-ring (bicyclic) bond motifs is 1. The zero-order valence-corrected chi connectivity index (χ0v) is 16.5. The molecule has 1 aromatic carbocycles. The van der Waals surface area contributed by atoms with E-state index in [4.69, 9.17) is 0 Å². The molecule has 3 aliphatic carbocycles. The maximum atomic E-state index is 13.4. The monoisotopic (exact) mass is 401 g/mol. The Balaban J connectivity index is 1.45. The minimum Gasteiger partial charge on any atom is -0.325 e. The molecule has 3 amide bonds. The fraction of sp³-hybridized carbons (Fsp3) is 0.333. The minimum absolute atomic E-state index is 0.0125. The maximum absolute atomic E-state index is 13.4. The van der Waals surface area contributed by atoms with Crippen molar-refractivity contribution < 1.29 is 14.4 Å². The Morgan fingerprint density at radius 1 is 1.00 bits per heavy atom. The highest BCUT2D eigenvalue weighted by atomic mass is 16.2. The van der Waals surface area contributed by atoms with E-state index in [9.17, 15) is 14.4 Å². The molecule has 6 nitrogen and oxygen atoms in total. The van der Waals surface area contributed by atoms with E-state index in [2.05, 4.69) is 22.5 Å². The van der Waals surface area contributed by atoms with Gasteiger partial charge in [0.15, 0.2) is 0 Å². The Labute approximate surface area is 175 Å². The van der Waals surface area contributed by atoms with Crippen molar-refractivity contribution in [1.82, 2.24) is 9.88 Å². The van der Waals surface area contributed by atoms with Crippen LogP contribution in [0.25, 0.3) is 0 Å². The van der Waals surface area contributed by atoms with E-state index in [1.54, 1.807) is 24.5 Å². The summed E-state index contributed by atoms with van der Waals surface area (Å²) in [7, 11) is 0. The van der Waals surface area contributed by atoms with Crippen LogP contribution in [0.2, 0.25) is 0 Å². The van der Waals surface area contributed by atoms with Crippen LogP contribution in [0.3, 0.4) is 0 Å². The lowest BCUT2D eigenvalue weighted by Crippen LogP contribution is -2.38. The second-order valence-electron chi connectivity index (χ2n) is 8.31. The van der Waals surface area contributed by atoms with Gasteiger partial charge in [-0.25, -0.2) is 0 Å². The average Bonchev–Trinajstić information content (AvgIpc) is 3.07. The summed E-state index contributed by atoms with van der Waals surface area (Å²) in [5.74, 6) is -0.834. The molecule has 152 valence electrons. The van der Waals surface area contributed by atoms with Gasteiger partial charge in [-0.15, -0.1) is 0 Å². The van der Waals surface area contributed by atoms with Crippen molar-refractivity contribution in [2.45, 2.75) is 25.3 Å². The molecule has 1 aliphatic heterocycles. The van der Waals surface area contributed by atoms with E-state index < -0.39 is 6.04 Å². The van der Waals surface area contributed by atoms with E-state index >= 15 is 0 Å². The third-order valence-electron chi connectivity index (χ3n) is 6.61. The lowest BCUT2D eigenvalue weighted by Gasteiger charge is -2.38. The number of aromatic nitrogens is 1. The number of nitrogens with one attached hydrogen (secondary N) is 1. The first-order valence-electron chi connectivity index (χ1n) is 10.4. The Morgan fingerprint density at radius 3 is 2.23 bits per heavy atom. The third-order valence-corrected chi connectivity index (χ3v) is 6.61. The number of anilines is 1. The SMILES string of the molecule is O=C(C[C@H](c1ccccc1)N1C(=O)[C@H]2[C@H](C1=O)[C@H]1C=C[C@H]2CC1)Nc1cccnc1. The van der Waals surface area contributed by atoms with Crippen molar-refractivity contribution in [2.24, 2.45) is 23.7 Å². The van der Waals surface area contributed by atoms with Crippen LogP contribution in [0.4, 0.5) is 5.69 Å². The highest BCUT2D eigenvalue weighted by molar-refractivity contribution is 6.07. The van der Waals surface area contributed by atoms with Gasteiger partial charge < -0.3 is 5.32 Å². The minimum atomic E-state index is -0.618. The normalized spacial score (nSPS) is 27.8. The number of amides is 3. The van der Waals surface area contributed by atoms with Gasteiger partial charge in [-0.2, -0.15) is 0 Å². The van der Waals surface area contributed by atoms with Crippen LogP contribution in [0, 0.1) is 23.7 Å². The summed E-state index contributed by atoms with van der Waals surface area (Å²) in [5.41, 5.74) is 1.38. The number of pyridine rings is 1. The molecule has 0 spiro atoms. The molecule has 0 radical (unpaired) electrons. The number of nitrogens with zero attached hydrogens (tertiary/aromatic N) is 2. The van der Waals surface area contributed by atoms with Crippen LogP contribution in [-0.4, -0.2) is 27.6 Å². The summed E-state index contributed by atoms with van der Waals surface area (Å²) in [6.07, 6.45) is 9.33. The number of carbonyl (C=O) groups is 3. The molecular formula is C24H23N3O3. The summed E-state index contributed by atoms with van der Waals surface area (Å²) in [4.78, 5) is 45.1. The van der Waals surface area contributed by atoms with Crippen molar-refractivity contribution in [3.8, 4) is 0 Å². The average molecular weight is 401 g/mol. The van der Waals surface area contributed by atoms with Gasteiger partial charge in [0.25, 0.3) is 0 Å². The van der Waals surface area contributed by atoms with Gasteiger partial charge in [-0.05, 0) is 42.4 Å².